The minimum absolute atomic E-state index is 0.915. The molecule has 0 heterocycles. The smallest absolute Gasteiger partial charge is 0.0414 e. The van der Waals surface area contributed by atoms with Gasteiger partial charge in [-0.25, -0.2) is 0 Å². The van der Waals surface area contributed by atoms with Gasteiger partial charge in [-0.1, -0.05) is 73.1 Å². The molecule has 0 rings (SSSR count). The number of rotatable bonds is 9. The number of hydrogen-bond donors (Lipinski definition) is 0. The third-order valence-corrected chi connectivity index (χ3v) is 3.96. The molecule has 0 amide bonds. The Morgan fingerprint density at radius 3 is 2.00 bits per heavy atom. The first-order valence-electron chi connectivity index (χ1n) is 7.11. The van der Waals surface area contributed by atoms with E-state index in [1.165, 1.54) is 44.9 Å². The Morgan fingerprint density at radius 2 is 1.47 bits per heavy atom. The fourth-order valence-electron chi connectivity index (χ4n) is 2.21. The highest BCUT2D eigenvalue weighted by Gasteiger charge is 2.14. The highest BCUT2D eigenvalue weighted by Crippen LogP contribution is 2.25. The summed E-state index contributed by atoms with van der Waals surface area (Å²) in [7, 11) is 0. The van der Waals surface area contributed by atoms with E-state index in [4.69, 9.17) is 0 Å². The molecule has 92 valence electrons. The van der Waals surface area contributed by atoms with Crippen LogP contribution in [-0.2, 0) is 0 Å². The lowest BCUT2D eigenvalue weighted by molar-refractivity contribution is 0.289. The summed E-state index contributed by atoms with van der Waals surface area (Å²) < 4.78 is 0. The first-order valence-corrected chi connectivity index (χ1v) is 7.11. The van der Waals surface area contributed by atoms with Crippen LogP contribution in [-0.4, -0.2) is 0 Å². The van der Waals surface area contributed by atoms with Crippen LogP contribution < -0.4 is 0 Å². The van der Waals surface area contributed by atoms with Crippen LogP contribution in [0.5, 0.6) is 0 Å². The van der Waals surface area contributed by atoms with Crippen LogP contribution in [0.15, 0.2) is 0 Å². The summed E-state index contributed by atoms with van der Waals surface area (Å²) in [5, 5.41) is 0. The maximum absolute atomic E-state index is 2.44. The van der Waals surface area contributed by atoms with Crippen molar-refractivity contribution in [2.75, 3.05) is 0 Å². The lowest BCUT2D eigenvalue weighted by Gasteiger charge is -2.22. The summed E-state index contributed by atoms with van der Waals surface area (Å²) in [6.07, 6.45) is 9.87. The second-order valence-corrected chi connectivity index (χ2v) is 5.55. The van der Waals surface area contributed by atoms with E-state index >= 15 is 0 Å². The van der Waals surface area contributed by atoms with Crippen LogP contribution in [0.2, 0.25) is 0 Å². The van der Waals surface area contributed by atoms with Gasteiger partial charge in [0.05, 0.1) is 0 Å². The highest BCUT2D eigenvalue weighted by atomic mass is 14.2. The van der Waals surface area contributed by atoms with Crippen LogP contribution in [0.1, 0.15) is 79.6 Å². The Labute approximate surface area is 97.8 Å². The molecule has 3 unspecified atom stereocenters. The topological polar surface area (TPSA) is 0 Å². The maximum atomic E-state index is 2.44. The van der Waals surface area contributed by atoms with Crippen LogP contribution >= 0.6 is 0 Å². The molecule has 0 saturated carbocycles. The summed E-state index contributed by atoms with van der Waals surface area (Å²) in [5.41, 5.74) is 0. The molecule has 0 radical (unpaired) electrons. The van der Waals surface area contributed by atoms with Gasteiger partial charge in [0.1, 0.15) is 0 Å². The molecule has 0 nitrogen and oxygen atoms in total. The van der Waals surface area contributed by atoms with E-state index in [1.54, 1.807) is 0 Å². The highest BCUT2D eigenvalue weighted by molar-refractivity contribution is 4.65. The maximum Gasteiger partial charge on any atom is -0.0414 e. The van der Waals surface area contributed by atoms with Crippen LogP contribution in [0.25, 0.3) is 0 Å². The molecule has 0 aromatic rings. The first kappa shape index (κ1) is 15.0. The first-order chi connectivity index (χ1) is 7.11. The molecule has 0 aliphatic rings. The molecule has 0 aliphatic carbocycles. The molecular formula is C15H32. The van der Waals surface area contributed by atoms with E-state index in [9.17, 15) is 0 Å². The Hall–Kier alpha value is 0. The van der Waals surface area contributed by atoms with E-state index in [0.717, 1.165) is 17.8 Å². The summed E-state index contributed by atoms with van der Waals surface area (Å²) in [4.78, 5) is 0. The van der Waals surface area contributed by atoms with Crippen molar-refractivity contribution in [3.63, 3.8) is 0 Å². The molecule has 15 heavy (non-hydrogen) atoms. The average Bonchev–Trinajstić information content (AvgIpc) is 2.23. The zero-order valence-corrected chi connectivity index (χ0v) is 11.7. The Balaban J connectivity index is 3.55. The lowest BCUT2D eigenvalue weighted by Crippen LogP contribution is -2.11. The summed E-state index contributed by atoms with van der Waals surface area (Å²) in [5.74, 6) is 2.76. The van der Waals surface area contributed by atoms with Gasteiger partial charge in [0.25, 0.3) is 0 Å². The molecule has 0 saturated heterocycles. The number of unbranched alkanes of at least 4 members (excludes halogenated alkanes) is 3. The third-order valence-electron chi connectivity index (χ3n) is 3.96. The lowest BCUT2D eigenvalue weighted by atomic mass is 9.84. The monoisotopic (exact) mass is 212 g/mol. The van der Waals surface area contributed by atoms with Crippen molar-refractivity contribution in [2.24, 2.45) is 17.8 Å². The van der Waals surface area contributed by atoms with Gasteiger partial charge in [0.15, 0.2) is 0 Å². The van der Waals surface area contributed by atoms with Crippen molar-refractivity contribution >= 4 is 0 Å². The summed E-state index contributed by atoms with van der Waals surface area (Å²) in [6, 6.07) is 0. The van der Waals surface area contributed by atoms with Gasteiger partial charge >= 0.3 is 0 Å². The Bertz CT molecular complexity index is 128. The minimum atomic E-state index is 0.915. The van der Waals surface area contributed by atoms with Crippen molar-refractivity contribution in [3.8, 4) is 0 Å². The van der Waals surface area contributed by atoms with E-state index in [2.05, 4.69) is 34.6 Å². The van der Waals surface area contributed by atoms with Gasteiger partial charge in [-0.15, -0.1) is 0 Å². The molecule has 0 heteroatoms. The molecule has 0 fully saturated rings. The zero-order chi connectivity index (χ0) is 11.7. The fraction of sp³-hybridized carbons (Fsp3) is 1.00. The van der Waals surface area contributed by atoms with Crippen LogP contribution in [0.3, 0.4) is 0 Å². The molecular weight excluding hydrogens is 180 g/mol. The second kappa shape index (κ2) is 9.24. The molecule has 0 spiro atoms. The summed E-state index contributed by atoms with van der Waals surface area (Å²) >= 11 is 0. The molecule has 0 aromatic carbocycles. The average molecular weight is 212 g/mol. The Kier molecular flexibility index (Phi) is 9.24. The predicted molar refractivity (Wildman–Crippen MR) is 71.2 cm³/mol. The van der Waals surface area contributed by atoms with Gasteiger partial charge in [0.2, 0.25) is 0 Å². The molecule has 0 bridgehead atoms. The standard InChI is InChI=1S/C15H32/c1-6-8-9-10-11-14(4)15(5)12-13(3)7-2/h13-15H,6-12H2,1-5H3. The molecule has 0 aromatic heterocycles. The van der Waals surface area contributed by atoms with Crippen LogP contribution in [0.4, 0.5) is 0 Å². The van der Waals surface area contributed by atoms with Gasteiger partial charge in [-0.05, 0) is 24.2 Å². The zero-order valence-electron chi connectivity index (χ0n) is 11.7. The van der Waals surface area contributed by atoms with E-state index in [1.807, 2.05) is 0 Å². The van der Waals surface area contributed by atoms with Gasteiger partial charge < -0.3 is 0 Å². The molecule has 3 atom stereocenters. The van der Waals surface area contributed by atoms with Gasteiger partial charge in [-0.2, -0.15) is 0 Å². The van der Waals surface area contributed by atoms with E-state index in [0.29, 0.717) is 0 Å². The van der Waals surface area contributed by atoms with E-state index in [-0.39, 0.29) is 0 Å². The SMILES string of the molecule is CCCCCCC(C)C(C)CC(C)CC. The third kappa shape index (κ3) is 7.88. The largest absolute Gasteiger partial charge is 0.0654 e. The fourth-order valence-corrected chi connectivity index (χ4v) is 2.21. The van der Waals surface area contributed by atoms with Crippen molar-refractivity contribution < 1.29 is 0 Å². The normalized spacial score (nSPS) is 17.4. The second-order valence-electron chi connectivity index (χ2n) is 5.55. The summed E-state index contributed by atoms with van der Waals surface area (Å²) in [6.45, 7) is 11.9. The van der Waals surface area contributed by atoms with Crippen LogP contribution in [0, 0.1) is 17.8 Å². The number of hydrogen-bond acceptors (Lipinski definition) is 0. The van der Waals surface area contributed by atoms with Gasteiger partial charge in [-0.3, -0.25) is 0 Å². The van der Waals surface area contributed by atoms with Crippen molar-refractivity contribution in [2.45, 2.75) is 79.6 Å². The van der Waals surface area contributed by atoms with Crippen molar-refractivity contribution in [1.29, 1.82) is 0 Å². The molecule has 0 N–H and O–H groups in total. The Morgan fingerprint density at radius 1 is 0.800 bits per heavy atom. The predicted octanol–water partition coefficient (Wildman–Crippen LogP) is 5.67. The minimum Gasteiger partial charge on any atom is -0.0654 e. The quantitative estimate of drug-likeness (QED) is 0.432. The van der Waals surface area contributed by atoms with Gasteiger partial charge in [0, 0.05) is 0 Å². The van der Waals surface area contributed by atoms with Crippen molar-refractivity contribution in [1.82, 2.24) is 0 Å². The van der Waals surface area contributed by atoms with E-state index < -0.39 is 0 Å². The van der Waals surface area contributed by atoms with Crippen molar-refractivity contribution in [3.05, 3.63) is 0 Å². The molecule has 0 aliphatic heterocycles.